The summed E-state index contributed by atoms with van der Waals surface area (Å²) < 4.78 is 5.77. The Morgan fingerprint density at radius 1 is 1.05 bits per heavy atom. The van der Waals surface area contributed by atoms with Crippen LogP contribution < -0.4 is 4.74 Å². The third-order valence-electron chi connectivity index (χ3n) is 3.58. The number of rotatable bonds is 5. The van der Waals surface area contributed by atoms with Crippen molar-refractivity contribution in [1.82, 2.24) is 4.90 Å². The van der Waals surface area contributed by atoms with Gasteiger partial charge in [-0.1, -0.05) is 35.9 Å². The maximum atomic E-state index is 12.4. The number of carbonyl (C=O) groups excluding carboxylic acids is 1. The molecule has 2 rings (SSSR count). The topological polar surface area (TPSA) is 29.5 Å². The van der Waals surface area contributed by atoms with Gasteiger partial charge >= 0.3 is 0 Å². The molecule has 0 aromatic heterocycles. The van der Waals surface area contributed by atoms with Crippen LogP contribution in [0.3, 0.4) is 0 Å². The van der Waals surface area contributed by atoms with Crippen LogP contribution in [0.5, 0.6) is 5.75 Å². The van der Waals surface area contributed by atoms with Crippen LogP contribution >= 0.6 is 11.6 Å². The molecule has 0 aliphatic heterocycles. The third-order valence-corrected chi connectivity index (χ3v) is 3.91. The molecule has 0 spiro atoms. The van der Waals surface area contributed by atoms with Crippen LogP contribution in [0.15, 0.2) is 36.4 Å². The molecule has 0 aliphatic carbocycles. The lowest BCUT2D eigenvalue weighted by Crippen LogP contribution is -2.44. The Hall–Kier alpha value is -1.74. The molecule has 0 atom stereocenters. The molecule has 0 bridgehead atoms. The van der Waals surface area contributed by atoms with Gasteiger partial charge in [-0.2, -0.15) is 0 Å². The summed E-state index contributed by atoms with van der Waals surface area (Å²) in [6.07, 6.45) is 0. The number of nitrogens with zero attached hydrogens (tertiary/aromatic N) is 1. The average Bonchev–Trinajstić information content (AvgIpc) is 2.46. The van der Waals surface area contributed by atoms with Gasteiger partial charge in [-0.05, 0) is 39.8 Å². The molecule has 3 nitrogen and oxygen atoms in total. The van der Waals surface area contributed by atoms with E-state index < -0.39 is 0 Å². The lowest BCUT2D eigenvalue weighted by Gasteiger charge is -2.30. The Bertz CT molecular complexity index is 659. The largest absolute Gasteiger partial charge is 0.483 e. The highest BCUT2D eigenvalue weighted by Gasteiger charge is 2.20. The number of benzene rings is 2. The summed E-state index contributed by atoms with van der Waals surface area (Å²) in [6.45, 7) is 8.07. The van der Waals surface area contributed by atoms with Crippen molar-refractivity contribution in [2.75, 3.05) is 6.61 Å². The Balaban J connectivity index is 2.19. The Kier molecular flexibility index (Phi) is 5.30. The maximum Gasteiger partial charge on any atom is 0.260 e. The molecule has 0 aliphatic rings. The lowest BCUT2D eigenvalue weighted by molar-refractivity contribution is -0.136. The molecular formula is C18H22ClNO2. The zero-order valence-corrected chi connectivity index (χ0v) is 14.2. The van der Waals surface area contributed by atoms with Crippen LogP contribution in [0, 0.1) is 0 Å². The second-order valence-electron chi connectivity index (χ2n) is 5.87. The molecule has 4 heteroatoms. The van der Waals surface area contributed by atoms with Crippen LogP contribution in [0.4, 0.5) is 0 Å². The van der Waals surface area contributed by atoms with Crippen molar-refractivity contribution >= 4 is 28.3 Å². The highest BCUT2D eigenvalue weighted by atomic mass is 35.5. The van der Waals surface area contributed by atoms with Gasteiger partial charge in [-0.3, -0.25) is 4.79 Å². The summed E-state index contributed by atoms with van der Waals surface area (Å²) in [6, 6.07) is 11.7. The molecule has 0 fully saturated rings. The Labute approximate surface area is 136 Å². The Morgan fingerprint density at radius 3 is 2.23 bits per heavy atom. The SMILES string of the molecule is CC(C)N(C(=O)COc1ccc(Cl)c2ccccc12)C(C)C. The second-order valence-corrected chi connectivity index (χ2v) is 6.28. The highest BCUT2D eigenvalue weighted by molar-refractivity contribution is 6.35. The third kappa shape index (κ3) is 3.53. The monoisotopic (exact) mass is 319 g/mol. The first-order valence-corrected chi connectivity index (χ1v) is 7.90. The minimum atomic E-state index is -0.0102. The van der Waals surface area contributed by atoms with E-state index in [1.807, 2.05) is 62.9 Å². The summed E-state index contributed by atoms with van der Waals surface area (Å²) in [5.41, 5.74) is 0. The summed E-state index contributed by atoms with van der Waals surface area (Å²) >= 11 is 6.19. The van der Waals surface area contributed by atoms with E-state index in [1.165, 1.54) is 0 Å². The maximum absolute atomic E-state index is 12.4. The van der Waals surface area contributed by atoms with Crippen LogP contribution in [0.2, 0.25) is 5.02 Å². The second kappa shape index (κ2) is 7.01. The van der Waals surface area contributed by atoms with Gasteiger partial charge in [0.05, 0.1) is 0 Å². The predicted molar refractivity (Wildman–Crippen MR) is 91.6 cm³/mol. The molecule has 118 valence electrons. The van der Waals surface area contributed by atoms with Crippen LogP contribution in [-0.4, -0.2) is 29.5 Å². The summed E-state index contributed by atoms with van der Waals surface area (Å²) in [5, 5.41) is 2.53. The van der Waals surface area contributed by atoms with E-state index in [0.717, 1.165) is 10.8 Å². The van der Waals surface area contributed by atoms with Crippen molar-refractivity contribution in [3.8, 4) is 5.75 Å². The fourth-order valence-electron chi connectivity index (χ4n) is 2.75. The fraction of sp³-hybridized carbons (Fsp3) is 0.389. The molecule has 0 heterocycles. The molecule has 0 unspecified atom stereocenters. The van der Waals surface area contributed by atoms with Gasteiger partial charge in [0.2, 0.25) is 0 Å². The first kappa shape index (κ1) is 16.6. The molecule has 2 aromatic carbocycles. The zero-order chi connectivity index (χ0) is 16.3. The minimum absolute atomic E-state index is 0.0102. The lowest BCUT2D eigenvalue weighted by atomic mass is 10.1. The van der Waals surface area contributed by atoms with Gasteiger partial charge in [-0.15, -0.1) is 0 Å². The standard InChI is InChI=1S/C18H22ClNO2/c1-12(2)20(13(3)4)18(21)11-22-17-10-9-16(19)14-7-5-6-8-15(14)17/h5-10,12-13H,11H2,1-4H3. The molecule has 0 saturated carbocycles. The van der Waals surface area contributed by atoms with Crippen LogP contribution in [-0.2, 0) is 4.79 Å². The van der Waals surface area contributed by atoms with Gasteiger partial charge in [-0.25, -0.2) is 0 Å². The van der Waals surface area contributed by atoms with Crippen molar-refractivity contribution < 1.29 is 9.53 Å². The molecule has 0 saturated heterocycles. The van der Waals surface area contributed by atoms with E-state index >= 15 is 0 Å². The summed E-state index contributed by atoms with van der Waals surface area (Å²) in [4.78, 5) is 14.2. The normalized spacial score (nSPS) is 11.2. The zero-order valence-electron chi connectivity index (χ0n) is 13.5. The summed E-state index contributed by atoms with van der Waals surface area (Å²) in [7, 11) is 0. The predicted octanol–water partition coefficient (Wildman–Crippen LogP) is 4.52. The van der Waals surface area contributed by atoms with Crippen molar-refractivity contribution in [3.63, 3.8) is 0 Å². The highest BCUT2D eigenvalue weighted by Crippen LogP contribution is 2.31. The quantitative estimate of drug-likeness (QED) is 0.811. The van der Waals surface area contributed by atoms with Gasteiger partial charge in [0.1, 0.15) is 5.75 Å². The van der Waals surface area contributed by atoms with Gasteiger partial charge in [0.15, 0.2) is 6.61 Å². The smallest absolute Gasteiger partial charge is 0.260 e. The van der Waals surface area contributed by atoms with Crippen LogP contribution in [0.1, 0.15) is 27.7 Å². The van der Waals surface area contributed by atoms with E-state index in [1.54, 1.807) is 6.07 Å². The number of fused-ring (bicyclic) bond motifs is 1. The number of hydrogen-bond donors (Lipinski definition) is 0. The Morgan fingerprint density at radius 2 is 1.64 bits per heavy atom. The molecule has 22 heavy (non-hydrogen) atoms. The van der Waals surface area contributed by atoms with Crippen molar-refractivity contribution in [3.05, 3.63) is 41.4 Å². The minimum Gasteiger partial charge on any atom is -0.483 e. The van der Waals surface area contributed by atoms with Crippen molar-refractivity contribution in [2.24, 2.45) is 0 Å². The van der Waals surface area contributed by atoms with E-state index in [0.29, 0.717) is 10.8 Å². The van der Waals surface area contributed by atoms with Crippen molar-refractivity contribution in [1.29, 1.82) is 0 Å². The van der Waals surface area contributed by atoms with Gasteiger partial charge in [0, 0.05) is 27.9 Å². The van der Waals surface area contributed by atoms with E-state index in [-0.39, 0.29) is 24.6 Å². The number of ether oxygens (including phenoxy) is 1. The van der Waals surface area contributed by atoms with Gasteiger partial charge in [0.25, 0.3) is 5.91 Å². The van der Waals surface area contributed by atoms with Crippen LogP contribution in [0.25, 0.3) is 10.8 Å². The number of hydrogen-bond acceptors (Lipinski definition) is 2. The first-order chi connectivity index (χ1) is 10.4. The molecule has 2 aromatic rings. The summed E-state index contributed by atoms with van der Waals surface area (Å²) in [5.74, 6) is 0.671. The average molecular weight is 320 g/mol. The van der Waals surface area contributed by atoms with Crippen molar-refractivity contribution in [2.45, 2.75) is 39.8 Å². The number of halogens is 1. The van der Waals surface area contributed by atoms with E-state index in [9.17, 15) is 4.79 Å². The van der Waals surface area contributed by atoms with Gasteiger partial charge < -0.3 is 9.64 Å². The van der Waals surface area contributed by atoms with E-state index in [4.69, 9.17) is 16.3 Å². The molecule has 0 radical (unpaired) electrons. The molecular weight excluding hydrogens is 298 g/mol. The van der Waals surface area contributed by atoms with E-state index in [2.05, 4.69) is 0 Å². The fourth-order valence-corrected chi connectivity index (χ4v) is 2.97. The molecule has 1 amide bonds. The molecule has 0 N–H and O–H groups in total. The number of carbonyl (C=O) groups is 1. The first-order valence-electron chi connectivity index (χ1n) is 7.53. The number of amides is 1.